The van der Waals surface area contributed by atoms with Crippen molar-refractivity contribution in [1.82, 2.24) is 4.98 Å². The van der Waals surface area contributed by atoms with Crippen molar-refractivity contribution in [3.8, 4) is 34.8 Å². The van der Waals surface area contributed by atoms with Crippen molar-refractivity contribution in [3.05, 3.63) is 35.0 Å². The van der Waals surface area contributed by atoms with Crippen molar-refractivity contribution < 1.29 is 19.0 Å². The fraction of sp³-hybridized carbons (Fsp3) is 0.364. The number of carbonyl (C=O) groups is 1. The molecule has 8 heteroatoms. The van der Waals surface area contributed by atoms with E-state index in [1.54, 1.807) is 25.1 Å². The highest BCUT2D eigenvalue weighted by molar-refractivity contribution is 5.86. The Hall–Kier alpha value is -3.78. The van der Waals surface area contributed by atoms with E-state index in [9.17, 15) is 15.3 Å². The van der Waals surface area contributed by atoms with Gasteiger partial charge in [0.25, 0.3) is 0 Å². The Labute approximate surface area is 175 Å². The molecule has 1 aromatic heterocycles. The molecule has 0 saturated carbocycles. The predicted molar refractivity (Wildman–Crippen MR) is 109 cm³/mol. The lowest BCUT2D eigenvalue weighted by atomic mass is 9.89. The van der Waals surface area contributed by atoms with Crippen molar-refractivity contribution in [1.29, 1.82) is 10.5 Å². The molecule has 30 heavy (non-hydrogen) atoms. The third-order valence-electron chi connectivity index (χ3n) is 4.76. The quantitative estimate of drug-likeness (QED) is 0.692. The first-order valence-electron chi connectivity index (χ1n) is 9.78. The zero-order chi connectivity index (χ0) is 21.7. The summed E-state index contributed by atoms with van der Waals surface area (Å²) in [6, 6.07) is 9.55. The molecule has 0 saturated heterocycles. The highest BCUT2D eigenvalue weighted by Crippen LogP contribution is 2.41. The average Bonchev–Trinajstić information content (AvgIpc) is 3.22. The number of aromatic nitrogens is 1. The number of pyridine rings is 1. The Morgan fingerprint density at radius 3 is 2.57 bits per heavy atom. The molecule has 154 valence electrons. The summed E-state index contributed by atoms with van der Waals surface area (Å²) in [5, 5.41) is 23.0. The Kier molecular flexibility index (Phi) is 6.38. The summed E-state index contributed by atoms with van der Waals surface area (Å²) in [6.45, 7) is 6.29. The van der Waals surface area contributed by atoms with Crippen LogP contribution in [0.3, 0.4) is 0 Å². The first-order valence-corrected chi connectivity index (χ1v) is 9.78. The van der Waals surface area contributed by atoms with Crippen molar-refractivity contribution in [3.63, 3.8) is 0 Å². The molecule has 0 aliphatic carbocycles. The monoisotopic (exact) mass is 406 g/mol. The van der Waals surface area contributed by atoms with Gasteiger partial charge in [0.2, 0.25) is 6.79 Å². The number of nitrogens with one attached hydrogen (secondary N) is 1. The van der Waals surface area contributed by atoms with Gasteiger partial charge in [-0.15, -0.1) is 0 Å². The predicted octanol–water partition coefficient (Wildman–Crippen LogP) is 3.71. The highest BCUT2D eigenvalue weighted by Gasteiger charge is 2.30. The minimum absolute atomic E-state index is 0.111. The van der Waals surface area contributed by atoms with Gasteiger partial charge in [-0.05, 0) is 38.0 Å². The van der Waals surface area contributed by atoms with Crippen LogP contribution < -0.4 is 14.8 Å². The summed E-state index contributed by atoms with van der Waals surface area (Å²) in [7, 11) is 0. The average molecular weight is 406 g/mol. The molecule has 0 spiro atoms. The van der Waals surface area contributed by atoms with Gasteiger partial charge in [-0.3, -0.25) is 4.79 Å². The molecule has 1 aliphatic heterocycles. The minimum Gasteiger partial charge on any atom is -0.465 e. The van der Waals surface area contributed by atoms with Gasteiger partial charge in [-0.2, -0.15) is 10.5 Å². The van der Waals surface area contributed by atoms with Crippen LogP contribution in [0, 0.1) is 22.7 Å². The molecule has 1 N–H and O–H groups in total. The van der Waals surface area contributed by atoms with Crippen LogP contribution in [0.15, 0.2) is 18.2 Å². The number of benzene rings is 1. The second-order valence-corrected chi connectivity index (χ2v) is 6.51. The summed E-state index contributed by atoms with van der Waals surface area (Å²) < 4.78 is 16.0. The second kappa shape index (κ2) is 9.15. The van der Waals surface area contributed by atoms with Crippen molar-refractivity contribution in [2.75, 3.05) is 25.3 Å². The Morgan fingerprint density at radius 1 is 1.20 bits per heavy atom. The maximum absolute atomic E-state index is 12.6. The maximum Gasteiger partial charge on any atom is 0.315 e. The number of nitrogens with zero attached hydrogens (tertiary/aromatic N) is 3. The number of carbonyl (C=O) groups excluding carboxylic acids is 1. The first-order chi connectivity index (χ1) is 14.6. The summed E-state index contributed by atoms with van der Waals surface area (Å²) in [6.07, 6.45) is 0.401. The lowest BCUT2D eigenvalue weighted by Gasteiger charge is -2.20. The van der Waals surface area contributed by atoms with Crippen LogP contribution in [0.4, 0.5) is 5.82 Å². The van der Waals surface area contributed by atoms with E-state index in [-0.39, 0.29) is 24.5 Å². The van der Waals surface area contributed by atoms with E-state index >= 15 is 0 Å². The van der Waals surface area contributed by atoms with E-state index in [1.165, 1.54) is 0 Å². The number of anilines is 1. The van der Waals surface area contributed by atoms with E-state index in [2.05, 4.69) is 22.4 Å². The molecule has 1 atom stereocenters. The SMILES string of the molecule is CCNc1nc(C(CC)C(=O)OCC)c(C#N)c(-c2ccc3c(c2)OCO3)c1C#N. The molecular formula is C22H22N4O4. The zero-order valence-electron chi connectivity index (χ0n) is 17.1. The van der Waals surface area contributed by atoms with Crippen LogP contribution in [0.2, 0.25) is 0 Å². The number of hydrogen-bond donors (Lipinski definition) is 1. The molecule has 0 amide bonds. The molecule has 3 rings (SSSR count). The summed E-state index contributed by atoms with van der Waals surface area (Å²) in [5.74, 6) is 0.269. The van der Waals surface area contributed by atoms with Crippen LogP contribution in [0.1, 0.15) is 49.9 Å². The van der Waals surface area contributed by atoms with Gasteiger partial charge >= 0.3 is 5.97 Å². The number of esters is 1. The van der Waals surface area contributed by atoms with Crippen molar-refractivity contribution >= 4 is 11.8 Å². The number of rotatable bonds is 7. The van der Waals surface area contributed by atoms with E-state index < -0.39 is 11.9 Å². The molecule has 2 aromatic rings. The molecule has 1 aliphatic rings. The molecule has 2 heterocycles. The number of fused-ring (bicyclic) bond motifs is 1. The van der Waals surface area contributed by atoms with Crippen molar-refractivity contribution in [2.45, 2.75) is 33.1 Å². The largest absolute Gasteiger partial charge is 0.465 e. The molecule has 0 fully saturated rings. The van der Waals surface area contributed by atoms with Crippen LogP contribution in [-0.2, 0) is 9.53 Å². The van der Waals surface area contributed by atoms with Gasteiger partial charge in [-0.25, -0.2) is 4.98 Å². The highest BCUT2D eigenvalue weighted by atomic mass is 16.7. The summed E-state index contributed by atoms with van der Waals surface area (Å²) in [4.78, 5) is 17.1. The Bertz CT molecular complexity index is 1050. The van der Waals surface area contributed by atoms with E-state index in [4.69, 9.17) is 14.2 Å². The van der Waals surface area contributed by atoms with Crippen molar-refractivity contribution in [2.24, 2.45) is 0 Å². The summed E-state index contributed by atoms with van der Waals surface area (Å²) in [5.41, 5.74) is 1.71. The third kappa shape index (κ3) is 3.72. The first kappa shape index (κ1) is 20.9. The van der Waals surface area contributed by atoms with Gasteiger partial charge in [0, 0.05) is 12.1 Å². The zero-order valence-corrected chi connectivity index (χ0v) is 17.1. The third-order valence-corrected chi connectivity index (χ3v) is 4.76. The van der Waals surface area contributed by atoms with Gasteiger partial charge in [-0.1, -0.05) is 13.0 Å². The van der Waals surface area contributed by atoms with Gasteiger partial charge in [0.05, 0.1) is 17.9 Å². The van der Waals surface area contributed by atoms with E-state index in [0.29, 0.717) is 47.1 Å². The van der Waals surface area contributed by atoms with E-state index in [1.807, 2.05) is 13.8 Å². The molecular weight excluding hydrogens is 384 g/mol. The van der Waals surface area contributed by atoms with Crippen LogP contribution in [0.5, 0.6) is 11.5 Å². The van der Waals surface area contributed by atoms with Crippen LogP contribution in [0.25, 0.3) is 11.1 Å². The standard InChI is InChI=1S/C22H22N4O4/c1-4-14(22(27)28-6-3)20-15(10-23)19(16(11-24)21(26-20)25-5-2)13-7-8-17-18(9-13)30-12-29-17/h7-9,14H,4-6,12H2,1-3H3,(H,25,26). The van der Waals surface area contributed by atoms with Gasteiger partial charge < -0.3 is 19.5 Å². The molecule has 0 bridgehead atoms. The lowest BCUT2D eigenvalue weighted by molar-refractivity contribution is -0.145. The van der Waals surface area contributed by atoms with Crippen LogP contribution in [-0.4, -0.2) is 30.9 Å². The topological polar surface area (TPSA) is 117 Å². The molecule has 8 nitrogen and oxygen atoms in total. The van der Waals surface area contributed by atoms with Gasteiger partial charge in [0.1, 0.15) is 29.4 Å². The fourth-order valence-corrected chi connectivity index (χ4v) is 3.43. The Morgan fingerprint density at radius 2 is 1.93 bits per heavy atom. The number of ether oxygens (including phenoxy) is 3. The Balaban J connectivity index is 2.31. The number of nitriles is 2. The van der Waals surface area contributed by atoms with E-state index in [0.717, 1.165) is 0 Å². The second-order valence-electron chi connectivity index (χ2n) is 6.51. The molecule has 0 radical (unpaired) electrons. The normalized spacial score (nSPS) is 12.6. The number of hydrogen-bond acceptors (Lipinski definition) is 8. The minimum atomic E-state index is -0.725. The smallest absolute Gasteiger partial charge is 0.315 e. The molecule has 1 unspecified atom stereocenters. The van der Waals surface area contributed by atoms with Gasteiger partial charge in [0.15, 0.2) is 11.5 Å². The summed E-state index contributed by atoms with van der Waals surface area (Å²) >= 11 is 0. The van der Waals surface area contributed by atoms with Crippen LogP contribution >= 0.6 is 0 Å². The lowest BCUT2D eigenvalue weighted by Crippen LogP contribution is -2.20. The maximum atomic E-state index is 12.6. The molecule has 1 aromatic carbocycles. The fourth-order valence-electron chi connectivity index (χ4n) is 3.43.